The molecule has 2 heterocycles. The van der Waals surface area contributed by atoms with Gasteiger partial charge in [-0.1, -0.05) is 48.6 Å². The van der Waals surface area contributed by atoms with Gasteiger partial charge in [-0.25, -0.2) is 0 Å². The lowest BCUT2D eigenvalue weighted by Crippen LogP contribution is -2.55. The fraction of sp³-hybridized carbons (Fsp3) is 0.150. The van der Waals surface area contributed by atoms with E-state index in [0.717, 1.165) is 16.7 Å². The van der Waals surface area contributed by atoms with Gasteiger partial charge in [0.1, 0.15) is 11.2 Å². The van der Waals surface area contributed by atoms with Crippen molar-refractivity contribution >= 4 is 16.9 Å². The Balaban J connectivity index is 2.09. The largest absolute Gasteiger partial charge is 0.457 e. The van der Waals surface area contributed by atoms with E-state index < -0.39 is 11.0 Å². The predicted octanol–water partition coefficient (Wildman–Crippen LogP) is 3.60. The van der Waals surface area contributed by atoms with Crippen LogP contribution in [0.4, 0.5) is 0 Å². The van der Waals surface area contributed by atoms with E-state index in [-0.39, 0.29) is 5.78 Å². The second-order valence-corrected chi connectivity index (χ2v) is 5.97. The molecular weight excluding hydrogens is 288 g/mol. The van der Waals surface area contributed by atoms with Gasteiger partial charge in [0.05, 0.1) is 5.41 Å². The minimum atomic E-state index is -1.66. The maximum atomic E-state index is 12.4. The van der Waals surface area contributed by atoms with Crippen LogP contribution in [0.2, 0.25) is 0 Å². The molecule has 0 saturated carbocycles. The summed E-state index contributed by atoms with van der Waals surface area (Å²) in [7, 11) is 0. The number of Topliss-reactive ketones (excluding diaryl/α,β-unsaturated/α-hetero) is 1. The SMILES string of the molecule is CC(=O)[C@]1(O)C=CC=C[C@@]1(c1ccccc1)c1cc2ccc1o2. The van der Waals surface area contributed by atoms with Crippen LogP contribution in [0.3, 0.4) is 0 Å². The topological polar surface area (TPSA) is 50.4 Å². The first-order valence-corrected chi connectivity index (χ1v) is 7.56. The lowest BCUT2D eigenvalue weighted by molar-refractivity contribution is -0.134. The van der Waals surface area contributed by atoms with E-state index in [4.69, 9.17) is 4.42 Å². The summed E-state index contributed by atoms with van der Waals surface area (Å²) in [5.41, 5.74) is 0.408. The number of hydrogen-bond acceptors (Lipinski definition) is 3. The van der Waals surface area contributed by atoms with Crippen LogP contribution in [0.5, 0.6) is 0 Å². The highest BCUT2D eigenvalue weighted by Gasteiger charge is 2.55. The van der Waals surface area contributed by atoms with E-state index in [1.807, 2.05) is 60.7 Å². The summed E-state index contributed by atoms with van der Waals surface area (Å²) in [4.78, 5) is 12.4. The Hall–Kier alpha value is -2.65. The number of furan rings is 2. The van der Waals surface area contributed by atoms with E-state index in [0.29, 0.717) is 5.58 Å². The number of ketones is 1. The van der Waals surface area contributed by atoms with Crippen LogP contribution >= 0.6 is 0 Å². The number of hydrogen-bond donors (Lipinski definition) is 1. The fourth-order valence-corrected chi connectivity index (χ4v) is 3.61. The third-order valence-electron chi connectivity index (χ3n) is 4.77. The highest BCUT2D eigenvalue weighted by Crippen LogP contribution is 2.49. The number of allylic oxidation sites excluding steroid dienone is 2. The number of benzene rings is 2. The highest BCUT2D eigenvalue weighted by molar-refractivity contribution is 5.93. The summed E-state index contributed by atoms with van der Waals surface area (Å²) in [6, 6.07) is 15.3. The summed E-state index contributed by atoms with van der Waals surface area (Å²) < 4.78 is 5.71. The number of carbonyl (C=O) groups excluding carboxylic acids is 1. The van der Waals surface area contributed by atoms with Gasteiger partial charge in [0.25, 0.3) is 0 Å². The zero-order valence-corrected chi connectivity index (χ0v) is 12.7. The van der Waals surface area contributed by atoms with Crippen molar-refractivity contribution in [1.29, 1.82) is 0 Å². The Kier molecular flexibility index (Phi) is 2.84. The Morgan fingerprint density at radius 1 is 1.04 bits per heavy atom. The standard InChI is InChI=1S/C20H16O3/c1-14(21)20(22)12-6-5-11-19(20,15-7-3-2-4-8-15)17-13-16-9-10-18(17)23-16/h2-13,22H,1H3/t19-,20-/m1/s1. The number of aliphatic hydroxyl groups is 1. The summed E-state index contributed by atoms with van der Waals surface area (Å²) in [5.74, 6) is -0.305. The van der Waals surface area contributed by atoms with E-state index in [2.05, 4.69) is 0 Å². The minimum absolute atomic E-state index is 0.305. The van der Waals surface area contributed by atoms with Crippen LogP contribution < -0.4 is 0 Å². The van der Waals surface area contributed by atoms with Crippen molar-refractivity contribution < 1.29 is 14.3 Å². The van der Waals surface area contributed by atoms with Gasteiger partial charge in [-0.15, -0.1) is 0 Å². The molecule has 1 N–H and O–H groups in total. The molecule has 1 aliphatic carbocycles. The van der Waals surface area contributed by atoms with Crippen molar-refractivity contribution in [1.82, 2.24) is 0 Å². The molecule has 2 bridgehead atoms. The monoisotopic (exact) mass is 304 g/mol. The maximum absolute atomic E-state index is 12.4. The lowest BCUT2D eigenvalue weighted by atomic mass is 9.60. The summed E-state index contributed by atoms with van der Waals surface area (Å²) in [5, 5.41) is 11.4. The maximum Gasteiger partial charge on any atom is 0.166 e. The Morgan fingerprint density at radius 2 is 1.78 bits per heavy atom. The second-order valence-electron chi connectivity index (χ2n) is 5.97. The molecule has 0 unspecified atom stereocenters. The molecule has 2 atom stereocenters. The molecule has 0 spiro atoms. The van der Waals surface area contributed by atoms with Crippen molar-refractivity contribution in [2.75, 3.05) is 0 Å². The molecule has 0 aliphatic heterocycles. The molecule has 23 heavy (non-hydrogen) atoms. The molecule has 0 fully saturated rings. The van der Waals surface area contributed by atoms with Gasteiger partial charge in [-0.2, -0.15) is 0 Å². The van der Waals surface area contributed by atoms with E-state index in [1.165, 1.54) is 6.92 Å². The van der Waals surface area contributed by atoms with Gasteiger partial charge in [0.2, 0.25) is 0 Å². The quantitative estimate of drug-likeness (QED) is 0.804. The molecule has 0 radical (unpaired) electrons. The molecule has 3 aromatic rings. The second kappa shape index (κ2) is 4.67. The average Bonchev–Trinajstić information content (AvgIpc) is 3.19. The van der Waals surface area contributed by atoms with Gasteiger partial charge >= 0.3 is 0 Å². The van der Waals surface area contributed by atoms with Crippen molar-refractivity contribution in [3.8, 4) is 0 Å². The van der Waals surface area contributed by atoms with E-state index >= 15 is 0 Å². The molecule has 3 nitrogen and oxygen atoms in total. The first-order valence-electron chi connectivity index (χ1n) is 7.56. The summed E-state index contributed by atoms with van der Waals surface area (Å²) in [6.07, 6.45) is 7.04. The van der Waals surface area contributed by atoms with Crippen molar-refractivity contribution in [2.45, 2.75) is 17.9 Å². The van der Waals surface area contributed by atoms with Crippen LogP contribution in [-0.4, -0.2) is 16.5 Å². The van der Waals surface area contributed by atoms with Crippen LogP contribution in [0.15, 0.2) is 77.3 Å². The van der Waals surface area contributed by atoms with Gasteiger partial charge in [0.15, 0.2) is 11.4 Å². The van der Waals surface area contributed by atoms with Crippen LogP contribution in [-0.2, 0) is 10.2 Å². The number of fused-ring (bicyclic) bond motifs is 2. The van der Waals surface area contributed by atoms with Crippen molar-refractivity contribution in [3.63, 3.8) is 0 Å². The molecule has 0 saturated heterocycles. The Morgan fingerprint density at radius 3 is 2.39 bits per heavy atom. The zero-order valence-electron chi connectivity index (χ0n) is 12.7. The van der Waals surface area contributed by atoms with Gasteiger partial charge in [-0.05, 0) is 36.8 Å². The van der Waals surface area contributed by atoms with Crippen molar-refractivity contribution in [3.05, 3.63) is 84.0 Å². The fourth-order valence-electron chi connectivity index (χ4n) is 3.61. The Bertz CT molecular complexity index is 919. The third-order valence-corrected chi connectivity index (χ3v) is 4.77. The smallest absolute Gasteiger partial charge is 0.166 e. The van der Waals surface area contributed by atoms with Gasteiger partial charge < -0.3 is 9.52 Å². The molecule has 0 amide bonds. The minimum Gasteiger partial charge on any atom is -0.457 e. The summed E-state index contributed by atoms with van der Waals surface area (Å²) in [6.45, 7) is 1.42. The summed E-state index contributed by atoms with van der Waals surface area (Å²) >= 11 is 0. The number of carbonyl (C=O) groups is 1. The molecule has 2 aromatic heterocycles. The van der Waals surface area contributed by atoms with Crippen molar-refractivity contribution in [2.24, 2.45) is 0 Å². The average molecular weight is 304 g/mol. The van der Waals surface area contributed by atoms with E-state index in [1.54, 1.807) is 12.2 Å². The third kappa shape index (κ3) is 1.71. The zero-order chi connectivity index (χ0) is 16.1. The molecule has 114 valence electrons. The van der Waals surface area contributed by atoms with Crippen LogP contribution in [0, 0.1) is 0 Å². The van der Waals surface area contributed by atoms with E-state index in [9.17, 15) is 9.90 Å². The predicted molar refractivity (Wildman–Crippen MR) is 88.5 cm³/mol. The van der Waals surface area contributed by atoms with Crippen LogP contribution in [0.25, 0.3) is 11.2 Å². The normalized spacial score (nSPS) is 26.9. The first-order chi connectivity index (χ1) is 11.1. The molecule has 4 rings (SSSR count). The first kappa shape index (κ1) is 14.0. The van der Waals surface area contributed by atoms with Gasteiger partial charge in [-0.3, -0.25) is 4.79 Å². The van der Waals surface area contributed by atoms with Crippen LogP contribution in [0.1, 0.15) is 18.1 Å². The molecule has 3 heteroatoms. The highest BCUT2D eigenvalue weighted by atomic mass is 16.3. The molecule has 1 aromatic carbocycles. The van der Waals surface area contributed by atoms with Gasteiger partial charge in [0, 0.05) is 5.56 Å². The number of rotatable bonds is 3. The molecular formula is C20H16O3. The Labute approximate surface area is 133 Å². The lowest BCUT2D eigenvalue weighted by Gasteiger charge is -2.44. The molecule has 1 aliphatic rings.